The predicted molar refractivity (Wildman–Crippen MR) is 224 cm³/mol. The van der Waals surface area contributed by atoms with Gasteiger partial charge >= 0.3 is 0 Å². The molecule has 1 aliphatic carbocycles. The Morgan fingerprint density at radius 2 is 1.31 bits per heavy atom. The number of halogens is 1. The largest absolute Gasteiger partial charge is 0.341 e. The van der Waals surface area contributed by atoms with E-state index in [2.05, 4.69) is 169 Å². The van der Waals surface area contributed by atoms with E-state index < -0.39 is 0 Å². The average Bonchev–Trinajstić information content (AvgIpc) is 3.81. The third-order valence-electron chi connectivity index (χ3n) is 10.4. The number of allylic oxidation sites excluding steroid dienone is 6. The van der Waals surface area contributed by atoms with E-state index in [1.54, 1.807) is 0 Å². The summed E-state index contributed by atoms with van der Waals surface area (Å²) in [7, 11) is 0. The van der Waals surface area contributed by atoms with Gasteiger partial charge in [-0.25, -0.2) is 0 Å². The molecule has 0 saturated carbocycles. The molecular weight excluding hydrogens is 692 g/mol. The van der Waals surface area contributed by atoms with E-state index in [0.717, 1.165) is 31.0 Å². The van der Waals surface area contributed by atoms with Gasteiger partial charge in [-0.15, -0.1) is 0 Å². The zero-order valence-electron chi connectivity index (χ0n) is 29.3. The van der Waals surface area contributed by atoms with Crippen molar-refractivity contribution in [1.29, 1.82) is 0 Å². The summed E-state index contributed by atoms with van der Waals surface area (Å²) in [6.45, 7) is 6.27. The second kappa shape index (κ2) is 14.0. The lowest BCUT2D eigenvalue weighted by atomic mass is 10.0. The van der Waals surface area contributed by atoms with Gasteiger partial charge in [0.1, 0.15) is 6.54 Å². The highest BCUT2D eigenvalue weighted by Gasteiger charge is 2.31. The van der Waals surface area contributed by atoms with Crippen LogP contribution in [0, 0.1) is 0 Å². The van der Waals surface area contributed by atoms with E-state index in [4.69, 9.17) is 11.6 Å². The zero-order valence-corrected chi connectivity index (χ0v) is 31.7. The first kappa shape index (κ1) is 33.1. The maximum atomic E-state index is 7.18. The Morgan fingerprint density at radius 1 is 0.654 bits per heavy atom. The van der Waals surface area contributed by atoms with Gasteiger partial charge in [-0.3, -0.25) is 0 Å². The Balaban J connectivity index is 1.05. The molecule has 7 aromatic rings. The summed E-state index contributed by atoms with van der Waals surface area (Å²) < 4.78 is 4.88. The van der Waals surface area contributed by atoms with Crippen LogP contribution in [0.4, 0.5) is 5.69 Å². The number of nitrogens with zero attached hydrogens (tertiary/aromatic N) is 2. The molecule has 0 bridgehead atoms. The molecule has 0 fully saturated rings. The van der Waals surface area contributed by atoms with E-state index in [1.165, 1.54) is 85.5 Å². The Hall–Kier alpha value is -4.74. The predicted octanol–water partition coefficient (Wildman–Crippen LogP) is 12.7. The molecule has 0 atom stereocenters. The van der Waals surface area contributed by atoms with Crippen molar-refractivity contribution in [1.82, 2.24) is 4.57 Å². The number of hydrogen-bond acceptors (Lipinski definition) is 2. The zero-order chi connectivity index (χ0) is 35.2. The summed E-state index contributed by atoms with van der Waals surface area (Å²) in [6.07, 6.45) is 11.0. The van der Waals surface area contributed by atoms with Gasteiger partial charge in [0.15, 0.2) is 0 Å². The van der Waals surface area contributed by atoms with Crippen LogP contribution in [0.3, 0.4) is 0 Å². The summed E-state index contributed by atoms with van der Waals surface area (Å²) in [6, 6.07) is 43.9. The minimum atomic E-state index is 0.880. The molecule has 2 nitrogen and oxygen atoms in total. The van der Waals surface area contributed by atoms with Crippen LogP contribution in [0.1, 0.15) is 32.3 Å². The van der Waals surface area contributed by atoms with Crippen molar-refractivity contribution in [2.45, 2.75) is 52.8 Å². The third-order valence-corrected chi connectivity index (χ3v) is 13.0. The molecule has 254 valence electrons. The molecule has 1 aromatic heterocycles. The Bertz CT molecular complexity index is 2700. The molecule has 0 spiro atoms. The van der Waals surface area contributed by atoms with Gasteiger partial charge in [-0.1, -0.05) is 114 Å². The lowest BCUT2D eigenvalue weighted by Gasteiger charge is -2.08. The summed E-state index contributed by atoms with van der Waals surface area (Å²) in [5.41, 5.74) is 7.48. The van der Waals surface area contributed by atoms with E-state index in [0.29, 0.717) is 0 Å². The minimum absolute atomic E-state index is 0.880. The van der Waals surface area contributed by atoms with Crippen LogP contribution in [0.5, 0.6) is 0 Å². The van der Waals surface area contributed by atoms with Crippen molar-refractivity contribution in [3.63, 3.8) is 0 Å². The van der Waals surface area contributed by atoms with E-state index in [9.17, 15) is 0 Å². The van der Waals surface area contributed by atoms with Crippen LogP contribution in [0.25, 0.3) is 38.5 Å². The minimum Gasteiger partial charge on any atom is -0.341 e. The summed E-state index contributed by atoms with van der Waals surface area (Å²) in [5.74, 6) is 0. The Kier molecular flexibility index (Phi) is 8.92. The first-order valence-corrected chi connectivity index (χ1v) is 20.1. The number of aryl methyl sites for hydroxylation is 1. The highest BCUT2D eigenvalue weighted by Crippen LogP contribution is 2.43. The van der Waals surface area contributed by atoms with Crippen molar-refractivity contribution in [3.05, 3.63) is 167 Å². The number of hydrogen-bond donors (Lipinski definition) is 0. The summed E-state index contributed by atoms with van der Waals surface area (Å²) >= 11 is 10.8. The van der Waals surface area contributed by atoms with Crippen molar-refractivity contribution >= 4 is 85.0 Å². The van der Waals surface area contributed by atoms with Crippen LogP contribution in [-0.4, -0.2) is 21.4 Å². The maximum Gasteiger partial charge on any atom is 0.214 e. The fraction of sp³-hybridized carbons (Fsp3) is 0.128. The van der Waals surface area contributed by atoms with Crippen molar-refractivity contribution in [2.24, 2.45) is 0 Å². The second-order valence-electron chi connectivity index (χ2n) is 13.2. The quantitative estimate of drug-likeness (QED) is 0.137. The van der Waals surface area contributed by atoms with Crippen LogP contribution < -0.4 is 5.35 Å². The van der Waals surface area contributed by atoms with E-state index >= 15 is 0 Å². The average molecular weight is 730 g/mol. The van der Waals surface area contributed by atoms with Crippen LogP contribution in [0.2, 0.25) is 0 Å². The lowest BCUT2D eigenvalue weighted by Crippen LogP contribution is -2.14. The monoisotopic (exact) mass is 729 g/mol. The molecule has 6 aromatic carbocycles. The second-order valence-corrected chi connectivity index (χ2v) is 15.9. The van der Waals surface area contributed by atoms with Gasteiger partial charge in [-0.05, 0) is 97.8 Å². The maximum absolute atomic E-state index is 7.18. The summed E-state index contributed by atoms with van der Waals surface area (Å²) in [4.78, 5) is 5.08. The first-order chi connectivity index (χ1) is 25.6. The fourth-order valence-corrected chi connectivity index (χ4v) is 10.2. The number of aromatic nitrogens is 1. The molecule has 2 heterocycles. The molecule has 2 aliphatic rings. The number of benzene rings is 6. The molecule has 5 heteroatoms. The molecule has 9 rings (SSSR count). The number of rotatable bonds is 9. The van der Waals surface area contributed by atoms with E-state index in [-0.39, 0.29) is 0 Å². The molecule has 0 N–H and O–H groups in total. The van der Waals surface area contributed by atoms with Crippen LogP contribution in [0.15, 0.2) is 175 Å². The SMILES string of the molecule is CCn1c(=CC=C2CCC(C=CC3=[N+](CC)c4ccc(Sc5ccccc5)c5cccc3c45)=C2Cl)c2cccc3c(Sc4ccccc4)ccc1c32. The fourth-order valence-electron chi connectivity index (χ4n) is 7.97. The van der Waals surface area contributed by atoms with Crippen molar-refractivity contribution in [3.8, 4) is 0 Å². The van der Waals surface area contributed by atoms with Crippen LogP contribution >= 0.6 is 35.1 Å². The van der Waals surface area contributed by atoms with Gasteiger partial charge in [0.25, 0.3) is 0 Å². The Morgan fingerprint density at radius 3 is 2.00 bits per heavy atom. The van der Waals surface area contributed by atoms with Gasteiger partial charge < -0.3 is 4.57 Å². The lowest BCUT2D eigenvalue weighted by molar-refractivity contribution is -0.430. The van der Waals surface area contributed by atoms with E-state index in [1.807, 2.05) is 23.5 Å². The van der Waals surface area contributed by atoms with Gasteiger partial charge in [0.2, 0.25) is 11.4 Å². The van der Waals surface area contributed by atoms with Crippen LogP contribution in [-0.2, 0) is 6.54 Å². The standard InChI is InChI=1S/C47H38ClN2S2/c1-3-49-39(35-17-11-19-37-43(29-27-41(49)45(35)37)51-33-13-7-5-8-14-33)25-23-31-21-22-32(47(31)48)24-26-40-36-18-12-20-38-44(52-34-15-9-6-10-16-34)30-28-42(46(36)38)50(40)4-2/h5-20,23-30H,3-4,21-22H2,1-2H3/q+1. The summed E-state index contributed by atoms with van der Waals surface area (Å²) in [5, 5.41) is 8.69. The smallest absolute Gasteiger partial charge is 0.214 e. The molecule has 1 aliphatic heterocycles. The molecular formula is C47H38ClN2S2+. The molecule has 0 amide bonds. The van der Waals surface area contributed by atoms with Gasteiger partial charge in [0.05, 0.1) is 10.9 Å². The molecule has 0 radical (unpaired) electrons. The molecule has 0 saturated heterocycles. The third kappa shape index (κ3) is 5.74. The molecule has 0 unspecified atom stereocenters. The normalized spacial score (nSPS) is 15.7. The highest BCUT2D eigenvalue weighted by atomic mass is 35.5. The van der Waals surface area contributed by atoms with Gasteiger partial charge in [-0.2, -0.15) is 4.58 Å². The van der Waals surface area contributed by atoms with Crippen molar-refractivity contribution in [2.75, 3.05) is 6.54 Å². The first-order valence-electron chi connectivity index (χ1n) is 18.1. The topological polar surface area (TPSA) is 7.94 Å². The van der Waals surface area contributed by atoms with Crippen molar-refractivity contribution < 1.29 is 4.58 Å². The van der Waals surface area contributed by atoms with Gasteiger partial charge in [0, 0.05) is 70.3 Å². The Labute approximate surface area is 318 Å². The highest BCUT2D eigenvalue weighted by molar-refractivity contribution is 7.99. The molecule has 52 heavy (non-hydrogen) atoms.